The summed E-state index contributed by atoms with van der Waals surface area (Å²) >= 11 is 0. The van der Waals surface area contributed by atoms with E-state index in [4.69, 9.17) is 9.47 Å². The Morgan fingerprint density at radius 2 is 1.96 bits per heavy atom. The molecular formula is C21H32N2O4. The molecule has 2 aliphatic rings. The summed E-state index contributed by atoms with van der Waals surface area (Å²) in [6.45, 7) is 7.56. The molecule has 0 saturated carbocycles. The van der Waals surface area contributed by atoms with Gasteiger partial charge in [0, 0.05) is 12.6 Å². The van der Waals surface area contributed by atoms with Gasteiger partial charge < -0.3 is 24.4 Å². The lowest BCUT2D eigenvalue weighted by Gasteiger charge is -2.37. The van der Waals surface area contributed by atoms with Crippen LogP contribution in [0.5, 0.6) is 5.75 Å². The summed E-state index contributed by atoms with van der Waals surface area (Å²) in [4.78, 5) is 16.7. The molecule has 1 N–H and O–H groups in total. The van der Waals surface area contributed by atoms with E-state index >= 15 is 0 Å². The molecule has 0 amide bonds. The second kappa shape index (κ2) is 10.1. The number of β-amino-alcohol motifs (C(OH)–C–C–N with tert-alkyl or cyclic N) is 1. The highest BCUT2D eigenvalue weighted by Crippen LogP contribution is 2.21. The van der Waals surface area contributed by atoms with Crippen LogP contribution in [0.2, 0.25) is 0 Å². The normalized spacial score (nSPS) is 20.5. The fourth-order valence-corrected chi connectivity index (χ4v) is 4.04. The quantitative estimate of drug-likeness (QED) is 0.702. The lowest BCUT2D eigenvalue weighted by atomic mass is 10.0. The Labute approximate surface area is 162 Å². The van der Waals surface area contributed by atoms with Crippen LogP contribution in [-0.4, -0.2) is 79.0 Å². The minimum atomic E-state index is -0.542. The van der Waals surface area contributed by atoms with Gasteiger partial charge in [-0.15, -0.1) is 0 Å². The van der Waals surface area contributed by atoms with Crippen LogP contribution in [0.25, 0.3) is 0 Å². The van der Waals surface area contributed by atoms with Crippen molar-refractivity contribution in [2.45, 2.75) is 44.8 Å². The molecular weight excluding hydrogens is 344 g/mol. The number of piperidine rings is 1. The average Bonchev–Trinajstić information content (AvgIpc) is 3.22. The summed E-state index contributed by atoms with van der Waals surface area (Å²) < 4.78 is 10.7. The zero-order valence-electron chi connectivity index (χ0n) is 16.3. The molecule has 1 unspecified atom stereocenters. The average molecular weight is 376 g/mol. The molecule has 1 aromatic rings. The summed E-state index contributed by atoms with van der Waals surface area (Å²) in [6, 6.07) is 7.63. The summed E-state index contributed by atoms with van der Waals surface area (Å²) in [5.41, 5.74) is 0.466. The molecule has 0 bridgehead atoms. The second-order valence-electron chi connectivity index (χ2n) is 7.49. The number of carbonyl (C=O) groups excluding carboxylic acids is 1. The highest BCUT2D eigenvalue weighted by Gasteiger charge is 2.27. The largest absolute Gasteiger partial charge is 0.491 e. The zero-order valence-corrected chi connectivity index (χ0v) is 16.3. The lowest BCUT2D eigenvalue weighted by molar-refractivity contribution is 0.0473. The van der Waals surface area contributed by atoms with E-state index in [1.807, 2.05) is 0 Å². The minimum absolute atomic E-state index is 0.221. The second-order valence-corrected chi connectivity index (χ2v) is 7.49. The van der Waals surface area contributed by atoms with Crippen LogP contribution >= 0.6 is 0 Å². The molecule has 0 radical (unpaired) electrons. The maximum absolute atomic E-state index is 11.8. The van der Waals surface area contributed by atoms with E-state index in [0.29, 0.717) is 24.5 Å². The van der Waals surface area contributed by atoms with Gasteiger partial charge in [-0.25, -0.2) is 4.79 Å². The smallest absolute Gasteiger partial charge is 0.338 e. The van der Waals surface area contributed by atoms with Crippen LogP contribution in [0.3, 0.4) is 0 Å². The van der Waals surface area contributed by atoms with Crippen molar-refractivity contribution < 1.29 is 19.4 Å². The van der Waals surface area contributed by atoms with Crippen molar-refractivity contribution in [1.82, 2.24) is 9.80 Å². The molecule has 6 heteroatoms. The first-order valence-electron chi connectivity index (χ1n) is 10.2. The molecule has 0 aromatic heterocycles. The Hall–Kier alpha value is -1.63. The van der Waals surface area contributed by atoms with Crippen molar-refractivity contribution in [3.63, 3.8) is 0 Å². The van der Waals surface area contributed by atoms with Gasteiger partial charge in [-0.1, -0.05) is 6.07 Å². The zero-order chi connectivity index (χ0) is 19.1. The Morgan fingerprint density at radius 3 is 2.67 bits per heavy atom. The van der Waals surface area contributed by atoms with E-state index in [9.17, 15) is 9.90 Å². The van der Waals surface area contributed by atoms with Gasteiger partial charge in [0.1, 0.15) is 18.5 Å². The van der Waals surface area contributed by atoms with Crippen LogP contribution in [0.1, 0.15) is 43.0 Å². The molecule has 1 atom stereocenters. The van der Waals surface area contributed by atoms with E-state index in [-0.39, 0.29) is 12.6 Å². The van der Waals surface area contributed by atoms with Gasteiger partial charge in [0.25, 0.3) is 0 Å². The van der Waals surface area contributed by atoms with Crippen molar-refractivity contribution in [2.24, 2.45) is 0 Å². The molecule has 2 saturated heterocycles. The van der Waals surface area contributed by atoms with Crippen molar-refractivity contribution in [3.05, 3.63) is 29.8 Å². The third kappa shape index (κ3) is 5.92. The maximum Gasteiger partial charge on any atom is 0.338 e. The Morgan fingerprint density at radius 1 is 1.22 bits per heavy atom. The van der Waals surface area contributed by atoms with E-state index in [1.54, 1.807) is 31.2 Å². The first-order valence-corrected chi connectivity index (χ1v) is 10.2. The first kappa shape index (κ1) is 20.1. The van der Waals surface area contributed by atoms with Crippen LogP contribution in [0, 0.1) is 0 Å². The van der Waals surface area contributed by atoms with Crippen molar-refractivity contribution in [3.8, 4) is 5.75 Å². The van der Waals surface area contributed by atoms with Crippen molar-refractivity contribution in [2.75, 3.05) is 45.9 Å². The van der Waals surface area contributed by atoms with E-state index in [0.717, 1.165) is 19.1 Å². The number of likely N-dealkylation sites (tertiary alicyclic amines) is 2. The molecule has 2 aliphatic heterocycles. The molecule has 150 valence electrons. The highest BCUT2D eigenvalue weighted by molar-refractivity contribution is 5.89. The number of hydrogen-bond acceptors (Lipinski definition) is 6. The number of esters is 1. The van der Waals surface area contributed by atoms with Gasteiger partial charge in [-0.05, 0) is 77.0 Å². The molecule has 1 aromatic carbocycles. The molecule has 6 nitrogen and oxygen atoms in total. The standard InChI is InChI=1S/C21H32N2O4/c1-2-26-21(25)17-6-5-7-20(14-17)27-16-19(24)15-22-12-8-18(9-13-22)23-10-3-4-11-23/h5-7,14,18-19,24H,2-4,8-13,15-16H2,1H3. The van der Waals surface area contributed by atoms with Crippen LogP contribution < -0.4 is 4.74 Å². The van der Waals surface area contributed by atoms with Crippen molar-refractivity contribution >= 4 is 5.97 Å². The number of aliphatic hydroxyl groups is 1. The molecule has 2 heterocycles. The van der Waals surface area contributed by atoms with E-state index in [1.165, 1.54) is 38.8 Å². The number of hydrogen-bond donors (Lipinski definition) is 1. The SMILES string of the molecule is CCOC(=O)c1cccc(OCC(O)CN2CCC(N3CCCC3)CC2)c1. The summed E-state index contributed by atoms with van der Waals surface area (Å²) in [6.07, 6.45) is 4.52. The fourth-order valence-electron chi connectivity index (χ4n) is 4.04. The maximum atomic E-state index is 11.8. The van der Waals surface area contributed by atoms with Gasteiger partial charge in [-0.3, -0.25) is 0 Å². The van der Waals surface area contributed by atoms with Crippen LogP contribution in [0.15, 0.2) is 24.3 Å². The Kier molecular flexibility index (Phi) is 7.50. The van der Waals surface area contributed by atoms with Crippen molar-refractivity contribution in [1.29, 1.82) is 0 Å². The Bertz CT molecular complexity index is 596. The number of ether oxygens (including phenoxy) is 2. The lowest BCUT2D eigenvalue weighted by Crippen LogP contribution is -2.46. The van der Waals surface area contributed by atoms with Gasteiger partial charge in [0.15, 0.2) is 0 Å². The van der Waals surface area contributed by atoms with Gasteiger partial charge >= 0.3 is 5.97 Å². The van der Waals surface area contributed by atoms with E-state index < -0.39 is 6.10 Å². The molecule has 3 rings (SSSR count). The monoisotopic (exact) mass is 376 g/mol. The number of nitrogens with zero attached hydrogens (tertiary/aromatic N) is 2. The van der Waals surface area contributed by atoms with Gasteiger partial charge in [-0.2, -0.15) is 0 Å². The summed E-state index contributed by atoms with van der Waals surface area (Å²) in [5, 5.41) is 10.3. The topological polar surface area (TPSA) is 62.2 Å². The summed E-state index contributed by atoms with van der Waals surface area (Å²) in [7, 11) is 0. The number of benzene rings is 1. The molecule has 0 spiro atoms. The fraction of sp³-hybridized carbons (Fsp3) is 0.667. The third-order valence-corrected chi connectivity index (χ3v) is 5.47. The predicted octanol–water partition coefficient (Wildman–Crippen LogP) is 2.16. The molecule has 0 aliphatic carbocycles. The highest BCUT2D eigenvalue weighted by atomic mass is 16.5. The molecule has 27 heavy (non-hydrogen) atoms. The molecule has 2 fully saturated rings. The van der Waals surface area contributed by atoms with Gasteiger partial charge in [0.2, 0.25) is 0 Å². The predicted molar refractivity (Wildman–Crippen MR) is 104 cm³/mol. The third-order valence-electron chi connectivity index (χ3n) is 5.47. The Balaban J connectivity index is 1.39. The minimum Gasteiger partial charge on any atom is -0.491 e. The van der Waals surface area contributed by atoms with Crippen LogP contribution in [0.4, 0.5) is 0 Å². The number of carbonyl (C=O) groups is 1. The summed E-state index contributed by atoms with van der Waals surface area (Å²) in [5.74, 6) is 0.219. The number of aliphatic hydroxyl groups excluding tert-OH is 1. The first-order chi connectivity index (χ1) is 13.2. The van der Waals surface area contributed by atoms with Gasteiger partial charge in [0.05, 0.1) is 12.2 Å². The van der Waals surface area contributed by atoms with E-state index in [2.05, 4.69) is 9.80 Å². The number of rotatable bonds is 8. The van der Waals surface area contributed by atoms with Crippen LogP contribution in [-0.2, 0) is 4.74 Å².